The fraction of sp³-hybridized carbons (Fsp3) is 0.429. The normalized spacial score (nSPS) is 10.9. The molecule has 0 aliphatic heterocycles. The molecule has 0 atom stereocenters. The lowest BCUT2D eigenvalue weighted by atomic mass is 10.0. The molecule has 0 aliphatic carbocycles. The predicted molar refractivity (Wildman–Crippen MR) is 71.4 cm³/mol. The maximum atomic E-state index is 12.0. The molecule has 4 heteroatoms. The van der Waals surface area contributed by atoms with Gasteiger partial charge in [-0.25, -0.2) is 0 Å². The smallest absolute Gasteiger partial charge is 0.252 e. The van der Waals surface area contributed by atoms with Crippen LogP contribution in [0.2, 0.25) is 0 Å². The topological polar surface area (TPSA) is 58.2 Å². The highest BCUT2D eigenvalue weighted by Crippen LogP contribution is 2.08. The number of hydrogen-bond acceptors (Lipinski definition) is 2. The molecular formula is C14H20N2O2. The number of rotatable bonds is 4. The SMILES string of the molecule is CCNC(=O)C(C)(C)NC(=O)c1cccc(C)c1. The molecule has 0 saturated carbocycles. The van der Waals surface area contributed by atoms with Crippen molar-refractivity contribution in [3.8, 4) is 0 Å². The molecule has 0 saturated heterocycles. The number of nitrogens with one attached hydrogen (secondary N) is 2. The van der Waals surface area contributed by atoms with Crippen LogP contribution in [-0.2, 0) is 4.79 Å². The van der Waals surface area contributed by atoms with E-state index in [9.17, 15) is 9.59 Å². The third-order valence-electron chi connectivity index (χ3n) is 2.61. The van der Waals surface area contributed by atoms with Gasteiger partial charge in [0.1, 0.15) is 5.54 Å². The Labute approximate surface area is 108 Å². The van der Waals surface area contributed by atoms with Gasteiger partial charge in [0, 0.05) is 12.1 Å². The average Bonchev–Trinajstić information content (AvgIpc) is 2.28. The lowest BCUT2D eigenvalue weighted by Crippen LogP contribution is -2.54. The minimum Gasteiger partial charge on any atom is -0.354 e. The molecule has 0 aliphatic rings. The number of hydrogen-bond donors (Lipinski definition) is 2. The average molecular weight is 248 g/mol. The van der Waals surface area contributed by atoms with Crippen molar-refractivity contribution in [3.05, 3.63) is 35.4 Å². The Kier molecular flexibility index (Phi) is 4.48. The molecule has 98 valence electrons. The molecule has 0 unspecified atom stereocenters. The van der Waals surface area contributed by atoms with Crippen molar-refractivity contribution in [3.63, 3.8) is 0 Å². The van der Waals surface area contributed by atoms with Gasteiger partial charge in [0.05, 0.1) is 0 Å². The van der Waals surface area contributed by atoms with E-state index < -0.39 is 5.54 Å². The number of amides is 2. The first-order valence-corrected chi connectivity index (χ1v) is 6.04. The van der Waals surface area contributed by atoms with Crippen LogP contribution in [0.1, 0.15) is 36.7 Å². The lowest BCUT2D eigenvalue weighted by molar-refractivity contribution is -0.126. The molecule has 4 nitrogen and oxygen atoms in total. The third-order valence-corrected chi connectivity index (χ3v) is 2.61. The largest absolute Gasteiger partial charge is 0.354 e. The van der Waals surface area contributed by atoms with E-state index in [4.69, 9.17) is 0 Å². The van der Waals surface area contributed by atoms with Crippen LogP contribution in [0.4, 0.5) is 0 Å². The molecule has 1 rings (SSSR count). The second kappa shape index (κ2) is 5.67. The number of carbonyl (C=O) groups excluding carboxylic acids is 2. The highest BCUT2D eigenvalue weighted by atomic mass is 16.2. The van der Waals surface area contributed by atoms with Crippen LogP contribution < -0.4 is 10.6 Å². The number of likely N-dealkylation sites (N-methyl/N-ethyl adjacent to an activating group) is 1. The highest BCUT2D eigenvalue weighted by Gasteiger charge is 2.29. The summed E-state index contributed by atoms with van der Waals surface area (Å²) in [5.41, 5.74) is 0.655. The standard InChI is InChI=1S/C14H20N2O2/c1-5-15-13(18)14(3,4)16-12(17)11-8-6-7-10(2)9-11/h6-9H,5H2,1-4H3,(H,15,18)(H,16,17). The molecule has 0 radical (unpaired) electrons. The fourth-order valence-electron chi connectivity index (χ4n) is 1.58. The first-order chi connectivity index (χ1) is 8.36. The summed E-state index contributed by atoms with van der Waals surface area (Å²) >= 11 is 0. The summed E-state index contributed by atoms with van der Waals surface area (Å²) in [6, 6.07) is 7.27. The molecule has 2 amide bonds. The first-order valence-electron chi connectivity index (χ1n) is 6.04. The minimum absolute atomic E-state index is 0.189. The number of aryl methyl sites for hydroxylation is 1. The van der Waals surface area contributed by atoms with Crippen molar-refractivity contribution < 1.29 is 9.59 Å². The second-order valence-corrected chi connectivity index (χ2v) is 4.81. The summed E-state index contributed by atoms with van der Waals surface area (Å²) in [5.74, 6) is -0.430. The predicted octanol–water partition coefficient (Wildman–Crippen LogP) is 1.64. The molecule has 18 heavy (non-hydrogen) atoms. The zero-order valence-electron chi connectivity index (χ0n) is 11.3. The molecule has 1 aromatic carbocycles. The molecule has 0 heterocycles. The van der Waals surface area contributed by atoms with Crippen LogP contribution in [0.3, 0.4) is 0 Å². The van der Waals surface area contributed by atoms with Gasteiger partial charge in [-0.15, -0.1) is 0 Å². The molecular weight excluding hydrogens is 228 g/mol. The summed E-state index contributed by atoms with van der Waals surface area (Å²) in [6.45, 7) is 7.68. The molecule has 1 aromatic rings. The maximum absolute atomic E-state index is 12.0. The van der Waals surface area contributed by atoms with E-state index in [-0.39, 0.29) is 11.8 Å². The van der Waals surface area contributed by atoms with Crippen LogP contribution in [0.5, 0.6) is 0 Å². The van der Waals surface area contributed by atoms with Gasteiger partial charge in [0.25, 0.3) is 5.91 Å². The molecule has 0 fully saturated rings. The molecule has 0 spiro atoms. The Morgan fingerprint density at radius 1 is 1.28 bits per heavy atom. The third kappa shape index (κ3) is 3.58. The Balaban J connectivity index is 2.78. The summed E-state index contributed by atoms with van der Waals surface area (Å²) in [5, 5.41) is 5.43. The monoisotopic (exact) mass is 248 g/mol. The van der Waals surface area contributed by atoms with Crippen molar-refractivity contribution in [2.24, 2.45) is 0 Å². The van der Waals surface area contributed by atoms with Crippen LogP contribution in [0.25, 0.3) is 0 Å². The Hall–Kier alpha value is -1.84. The van der Waals surface area contributed by atoms with Gasteiger partial charge in [-0.3, -0.25) is 9.59 Å². The molecule has 0 aromatic heterocycles. The van der Waals surface area contributed by atoms with Crippen LogP contribution in [0, 0.1) is 6.92 Å². The number of benzene rings is 1. The van der Waals surface area contributed by atoms with Gasteiger partial charge >= 0.3 is 0 Å². The summed E-state index contributed by atoms with van der Waals surface area (Å²) < 4.78 is 0. The van der Waals surface area contributed by atoms with Gasteiger partial charge < -0.3 is 10.6 Å². The molecule has 0 bridgehead atoms. The van der Waals surface area contributed by atoms with Gasteiger partial charge in [-0.2, -0.15) is 0 Å². The van der Waals surface area contributed by atoms with Crippen molar-refractivity contribution >= 4 is 11.8 Å². The Bertz CT molecular complexity index is 453. The van der Waals surface area contributed by atoms with E-state index in [1.54, 1.807) is 26.0 Å². The summed E-state index contributed by atoms with van der Waals surface area (Å²) in [7, 11) is 0. The minimum atomic E-state index is -0.920. The van der Waals surface area contributed by atoms with E-state index in [1.165, 1.54) is 0 Å². The first kappa shape index (κ1) is 14.2. The van der Waals surface area contributed by atoms with E-state index in [2.05, 4.69) is 10.6 Å². The van der Waals surface area contributed by atoms with Crippen molar-refractivity contribution in [1.29, 1.82) is 0 Å². The summed E-state index contributed by atoms with van der Waals surface area (Å²) in [6.07, 6.45) is 0. The van der Waals surface area contributed by atoms with E-state index in [1.807, 2.05) is 26.0 Å². The van der Waals surface area contributed by atoms with E-state index in [0.717, 1.165) is 5.56 Å². The quantitative estimate of drug-likeness (QED) is 0.851. The van der Waals surface area contributed by atoms with Crippen LogP contribution in [0.15, 0.2) is 24.3 Å². The van der Waals surface area contributed by atoms with Gasteiger partial charge in [0.15, 0.2) is 0 Å². The Morgan fingerprint density at radius 2 is 1.94 bits per heavy atom. The van der Waals surface area contributed by atoms with Gasteiger partial charge in [-0.1, -0.05) is 17.7 Å². The number of carbonyl (C=O) groups is 2. The van der Waals surface area contributed by atoms with Gasteiger partial charge in [0.2, 0.25) is 5.91 Å². The summed E-state index contributed by atoms with van der Waals surface area (Å²) in [4.78, 5) is 23.8. The van der Waals surface area contributed by atoms with Crippen molar-refractivity contribution in [2.75, 3.05) is 6.54 Å². The van der Waals surface area contributed by atoms with Crippen molar-refractivity contribution in [1.82, 2.24) is 10.6 Å². The fourth-order valence-corrected chi connectivity index (χ4v) is 1.58. The van der Waals surface area contributed by atoms with E-state index >= 15 is 0 Å². The van der Waals surface area contributed by atoms with Gasteiger partial charge in [-0.05, 0) is 39.8 Å². The Morgan fingerprint density at radius 3 is 2.50 bits per heavy atom. The van der Waals surface area contributed by atoms with Crippen LogP contribution >= 0.6 is 0 Å². The molecule has 2 N–H and O–H groups in total. The second-order valence-electron chi connectivity index (χ2n) is 4.81. The zero-order valence-corrected chi connectivity index (χ0v) is 11.3. The van der Waals surface area contributed by atoms with E-state index in [0.29, 0.717) is 12.1 Å². The lowest BCUT2D eigenvalue weighted by Gasteiger charge is -2.24. The van der Waals surface area contributed by atoms with Crippen LogP contribution in [-0.4, -0.2) is 23.9 Å². The zero-order chi connectivity index (χ0) is 13.8. The highest BCUT2D eigenvalue weighted by molar-refractivity contribution is 5.99. The maximum Gasteiger partial charge on any atom is 0.252 e. The van der Waals surface area contributed by atoms with Crippen molar-refractivity contribution in [2.45, 2.75) is 33.2 Å².